The molecule has 0 saturated heterocycles. The van der Waals surface area contributed by atoms with Crippen molar-refractivity contribution in [2.45, 2.75) is 18.9 Å². The fourth-order valence-electron chi connectivity index (χ4n) is 1.87. The summed E-state index contributed by atoms with van der Waals surface area (Å²) in [6.45, 7) is 0. The van der Waals surface area contributed by atoms with E-state index < -0.39 is 0 Å². The molecule has 0 atom stereocenters. The lowest BCUT2D eigenvalue weighted by Crippen LogP contribution is -2.09. The maximum atomic E-state index is 9.22. The summed E-state index contributed by atoms with van der Waals surface area (Å²) in [4.78, 5) is 8.57. The molecule has 0 bridgehead atoms. The highest BCUT2D eigenvalue weighted by Crippen LogP contribution is 2.28. The number of nitrogen functional groups attached to an aromatic ring is 1. The van der Waals surface area contributed by atoms with E-state index in [0.29, 0.717) is 23.2 Å². The standard InChI is InChI=1S/C14H13N5/c15-8-11-12(9-4-2-1-3-5-9)18-14(19-13(11)16)17-10-6-7-10/h1-5,10H,6-7H2,(H3,16,17,18,19). The van der Waals surface area contributed by atoms with Crippen molar-refractivity contribution in [1.82, 2.24) is 9.97 Å². The Hall–Kier alpha value is -2.61. The molecule has 1 heterocycles. The van der Waals surface area contributed by atoms with Gasteiger partial charge in [-0.15, -0.1) is 0 Å². The zero-order valence-corrected chi connectivity index (χ0v) is 10.3. The molecule has 5 nitrogen and oxygen atoms in total. The average molecular weight is 251 g/mol. The van der Waals surface area contributed by atoms with Crippen molar-refractivity contribution in [1.29, 1.82) is 5.26 Å². The van der Waals surface area contributed by atoms with Crippen LogP contribution in [0.25, 0.3) is 11.3 Å². The molecule has 1 saturated carbocycles. The van der Waals surface area contributed by atoms with Crippen molar-refractivity contribution in [3.63, 3.8) is 0 Å². The Morgan fingerprint density at radius 3 is 2.58 bits per heavy atom. The minimum absolute atomic E-state index is 0.222. The van der Waals surface area contributed by atoms with Gasteiger partial charge in [-0.1, -0.05) is 30.3 Å². The van der Waals surface area contributed by atoms with E-state index in [-0.39, 0.29) is 5.82 Å². The third-order valence-corrected chi connectivity index (χ3v) is 3.01. The third kappa shape index (κ3) is 2.33. The highest BCUT2D eigenvalue weighted by molar-refractivity contribution is 5.73. The number of hydrogen-bond donors (Lipinski definition) is 2. The van der Waals surface area contributed by atoms with Gasteiger partial charge in [0.2, 0.25) is 5.95 Å². The number of aromatic nitrogens is 2. The molecule has 2 aromatic rings. The molecular formula is C14H13N5. The van der Waals surface area contributed by atoms with E-state index in [9.17, 15) is 5.26 Å². The number of benzene rings is 1. The summed E-state index contributed by atoms with van der Waals surface area (Å²) in [6, 6.07) is 12.1. The van der Waals surface area contributed by atoms with Gasteiger partial charge in [0.05, 0.1) is 5.69 Å². The van der Waals surface area contributed by atoms with Gasteiger partial charge in [-0.2, -0.15) is 10.2 Å². The second kappa shape index (κ2) is 4.58. The van der Waals surface area contributed by atoms with Crippen LogP contribution in [0, 0.1) is 11.3 Å². The lowest BCUT2D eigenvalue weighted by Gasteiger charge is -2.09. The highest BCUT2D eigenvalue weighted by atomic mass is 15.1. The molecule has 1 aliphatic rings. The Labute approximate surface area is 111 Å². The first kappa shape index (κ1) is 11.5. The largest absolute Gasteiger partial charge is 0.382 e. The van der Waals surface area contributed by atoms with Crippen LogP contribution in [0.4, 0.5) is 11.8 Å². The van der Waals surface area contributed by atoms with Crippen LogP contribution in [-0.2, 0) is 0 Å². The van der Waals surface area contributed by atoms with Gasteiger partial charge in [0.1, 0.15) is 17.5 Å². The predicted octanol–water partition coefficient (Wildman–Crippen LogP) is 2.17. The topological polar surface area (TPSA) is 87.6 Å². The van der Waals surface area contributed by atoms with E-state index in [0.717, 1.165) is 18.4 Å². The lowest BCUT2D eigenvalue weighted by atomic mass is 10.1. The SMILES string of the molecule is N#Cc1c(N)nc(NC2CC2)nc1-c1ccccc1. The van der Waals surface area contributed by atoms with Crippen LogP contribution in [0.2, 0.25) is 0 Å². The maximum absolute atomic E-state index is 9.22. The van der Waals surface area contributed by atoms with E-state index in [2.05, 4.69) is 21.4 Å². The Morgan fingerprint density at radius 2 is 1.95 bits per heavy atom. The first-order chi connectivity index (χ1) is 9.28. The smallest absolute Gasteiger partial charge is 0.225 e. The van der Waals surface area contributed by atoms with Gasteiger partial charge >= 0.3 is 0 Å². The van der Waals surface area contributed by atoms with Crippen LogP contribution < -0.4 is 11.1 Å². The van der Waals surface area contributed by atoms with Crippen LogP contribution in [-0.4, -0.2) is 16.0 Å². The van der Waals surface area contributed by atoms with Gasteiger partial charge in [-0.25, -0.2) is 4.98 Å². The molecule has 3 rings (SSSR count). The average Bonchev–Trinajstić information content (AvgIpc) is 3.23. The fraction of sp³-hybridized carbons (Fsp3) is 0.214. The zero-order valence-electron chi connectivity index (χ0n) is 10.3. The van der Waals surface area contributed by atoms with Crippen molar-refractivity contribution in [2.75, 3.05) is 11.1 Å². The molecule has 1 fully saturated rings. The summed E-state index contributed by atoms with van der Waals surface area (Å²) in [7, 11) is 0. The molecule has 1 aromatic heterocycles. The normalized spacial score (nSPS) is 13.8. The molecule has 0 radical (unpaired) electrons. The second-order valence-corrected chi connectivity index (χ2v) is 4.55. The quantitative estimate of drug-likeness (QED) is 0.872. The number of nitrogens with one attached hydrogen (secondary N) is 1. The summed E-state index contributed by atoms with van der Waals surface area (Å²) in [5, 5.41) is 12.4. The number of nitriles is 1. The molecule has 19 heavy (non-hydrogen) atoms. The summed E-state index contributed by atoms with van der Waals surface area (Å²) >= 11 is 0. The third-order valence-electron chi connectivity index (χ3n) is 3.01. The van der Waals surface area contributed by atoms with Crippen molar-refractivity contribution in [3.05, 3.63) is 35.9 Å². The lowest BCUT2D eigenvalue weighted by molar-refractivity contribution is 1.06. The first-order valence-corrected chi connectivity index (χ1v) is 6.17. The van der Waals surface area contributed by atoms with E-state index in [4.69, 9.17) is 5.73 Å². The Kier molecular flexibility index (Phi) is 2.76. The van der Waals surface area contributed by atoms with E-state index >= 15 is 0 Å². The van der Waals surface area contributed by atoms with Crippen LogP contribution in [0.5, 0.6) is 0 Å². The second-order valence-electron chi connectivity index (χ2n) is 4.55. The van der Waals surface area contributed by atoms with Crippen molar-refractivity contribution in [2.24, 2.45) is 0 Å². The van der Waals surface area contributed by atoms with E-state index in [1.807, 2.05) is 30.3 Å². The molecule has 1 aliphatic carbocycles. The summed E-state index contributed by atoms with van der Waals surface area (Å²) < 4.78 is 0. The molecule has 0 amide bonds. The van der Waals surface area contributed by atoms with Gasteiger partial charge in [-0.3, -0.25) is 0 Å². The van der Waals surface area contributed by atoms with Gasteiger partial charge in [0.15, 0.2) is 0 Å². The summed E-state index contributed by atoms with van der Waals surface area (Å²) in [5.41, 5.74) is 7.63. The van der Waals surface area contributed by atoms with Crippen molar-refractivity contribution < 1.29 is 0 Å². The fourth-order valence-corrected chi connectivity index (χ4v) is 1.87. The summed E-state index contributed by atoms with van der Waals surface area (Å²) in [5.74, 6) is 0.720. The number of nitrogens with two attached hydrogens (primary N) is 1. The number of anilines is 2. The molecule has 3 N–H and O–H groups in total. The van der Waals surface area contributed by atoms with Crippen molar-refractivity contribution >= 4 is 11.8 Å². The number of hydrogen-bond acceptors (Lipinski definition) is 5. The van der Waals surface area contributed by atoms with Crippen LogP contribution in [0.1, 0.15) is 18.4 Å². The van der Waals surface area contributed by atoms with Crippen LogP contribution in [0.3, 0.4) is 0 Å². The number of rotatable bonds is 3. The van der Waals surface area contributed by atoms with Crippen LogP contribution >= 0.6 is 0 Å². The minimum atomic E-state index is 0.222. The van der Waals surface area contributed by atoms with Gasteiger partial charge in [0.25, 0.3) is 0 Å². The van der Waals surface area contributed by atoms with Crippen LogP contribution in [0.15, 0.2) is 30.3 Å². The Balaban J connectivity index is 2.09. The molecule has 5 heteroatoms. The van der Waals surface area contributed by atoms with Gasteiger partial charge < -0.3 is 11.1 Å². The highest BCUT2D eigenvalue weighted by Gasteiger charge is 2.23. The molecule has 0 aliphatic heterocycles. The first-order valence-electron chi connectivity index (χ1n) is 6.17. The van der Waals surface area contributed by atoms with E-state index in [1.165, 1.54) is 0 Å². The van der Waals surface area contributed by atoms with Gasteiger partial charge in [-0.05, 0) is 12.8 Å². The maximum Gasteiger partial charge on any atom is 0.225 e. The van der Waals surface area contributed by atoms with Crippen molar-refractivity contribution in [3.8, 4) is 17.3 Å². The molecule has 1 aromatic carbocycles. The van der Waals surface area contributed by atoms with Gasteiger partial charge in [0, 0.05) is 11.6 Å². The predicted molar refractivity (Wildman–Crippen MR) is 73.2 cm³/mol. The summed E-state index contributed by atoms with van der Waals surface area (Å²) in [6.07, 6.45) is 2.26. The molecular weight excluding hydrogens is 238 g/mol. The number of nitrogens with zero attached hydrogens (tertiary/aromatic N) is 3. The Bertz CT molecular complexity index is 641. The minimum Gasteiger partial charge on any atom is -0.382 e. The molecule has 94 valence electrons. The zero-order chi connectivity index (χ0) is 13.2. The monoisotopic (exact) mass is 251 g/mol. The molecule has 0 unspecified atom stereocenters. The molecule has 0 spiro atoms. The van der Waals surface area contributed by atoms with E-state index in [1.54, 1.807) is 0 Å². The Morgan fingerprint density at radius 1 is 1.21 bits per heavy atom.